The van der Waals surface area contributed by atoms with Gasteiger partial charge in [0, 0.05) is 7.05 Å². The average Bonchev–Trinajstić information content (AvgIpc) is 2.72. The molecule has 0 spiro atoms. The smallest absolute Gasteiger partial charge is 0.263 e. The highest BCUT2D eigenvalue weighted by Gasteiger charge is 2.01. The predicted octanol–water partition coefficient (Wildman–Crippen LogP) is -1.06. The number of tetrazole rings is 1. The highest BCUT2D eigenvalue weighted by molar-refractivity contribution is 5.19. The van der Waals surface area contributed by atoms with E-state index in [9.17, 15) is 0 Å². The van der Waals surface area contributed by atoms with Crippen LogP contribution in [0.1, 0.15) is 5.82 Å². The Morgan fingerprint density at radius 1 is 1.62 bits per heavy atom. The molecule has 2 heterocycles. The lowest BCUT2D eigenvalue weighted by molar-refractivity contribution is 0.710. The van der Waals surface area contributed by atoms with Crippen molar-refractivity contribution in [2.24, 2.45) is 7.05 Å². The van der Waals surface area contributed by atoms with Crippen molar-refractivity contribution < 1.29 is 0 Å². The van der Waals surface area contributed by atoms with Crippen LogP contribution in [-0.2, 0) is 13.6 Å². The summed E-state index contributed by atoms with van der Waals surface area (Å²) in [6.45, 7) is 0.524. The second-order valence-electron chi connectivity index (χ2n) is 2.39. The van der Waals surface area contributed by atoms with E-state index in [1.54, 1.807) is 4.68 Å². The number of aryl methyl sites for hydroxylation is 1. The van der Waals surface area contributed by atoms with Gasteiger partial charge in [-0.05, 0) is 5.21 Å². The Kier molecular flexibility index (Phi) is 1.87. The van der Waals surface area contributed by atoms with E-state index in [0.717, 1.165) is 5.82 Å². The summed E-state index contributed by atoms with van der Waals surface area (Å²) < 4.78 is 1.67. The van der Waals surface area contributed by atoms with Crippen molar-refractivity contribution in [3.05, 3.63) is 12.2 Å². The van der Waals surface area contributed by atoms with Gasteiger partial charge in [-0.15, -0.1) is 5.10 Å². The van der Waals surface area contributed by atoms with Crippen molar-refractivity contribution in [1.82, 2.24) is 35.4 Å². The zero-order valence-electron chi connectivity index (χ0n) is 6.97. The molecule has 0 bridgehead atoms. The number of anilines is 1. The van der Waals surface area contributed by atoms with Crippen LogP contribution in [0.4, 0.5) is 5.95 Å². The molecule has 0 aromatic carbocycles. The normalized spacial score (nSPS) is 10.2. The molecule has 0 aliphatic rings. The number of aromatic nitrogens is 7. The van der Waals surface area contributed by atoms with Crippen molar-refractivity contribution in [3.63, 3.8) is 0 Å². The van der Waals surface area contributed by atoms with Crippen LogP contribution in [0.5, 0.6) is 0 Å². The van der Waals surface area contributed by atoms with Crippen LogP contribution in [-0.4, -0.2) is 35.4 Å². The molecule has 0 saturated carbocycles. The molecular weight excluding hydrogens is 172 g/mol. The minimum absolute atomic E-state index is 0.447. The van der Waals surface area contributed by atoms with Crippen molar-refractivity contribution in [2.45, 2.75) is 6.54 Å². The van der Waals surface area contributed by atoms with Crippen molar-refractivity contribution in [2.75, 3.05) is 5.32 Å². The third-order valence-corrected chi connectivity index (χ3v) is 1.56. The minimum atomic E-state index is 0.447. The molecule has 0 aliphatic carbocycles. The number of nitrogens with one attached hydrogen (secondary N) is 2. The van der Waals surface area contributed by atoms with Crippen molar-refractivity contribution in [1.29, 1.82) is 0 Å². The molecule has 0 aliphatic heterocycles. The van der Waals surface area contributed by atoms with Gasteiger partial charge in [-0.1, -0.05) is 5.10 Å². The Bertz CT molecular complexity index is 362. The second-order valence-corrected chi connectivity index (χ2v) is 2.39. The molecule has 0 amide bonds. The fourth-order valence-electron chi connectivity index (χ4n) is 0.875. The summed E-state index contributed by atoms with van der Waals surface area (Å²) >= 11 is 0. The standard InChI is InChI=1S/C5H8N8/c1-13-4(7-3-8-13)2-6-5-9-11-12-10-5/h3H,2H2,1H3,(H2,6,9,10,11,12). The van der Waals surface area contributed by atoms with Gasteiger partial charge >= 0.3 is 0 Å². The first-order chi connectivity index (χ1) is 6.36. The van der Waals surface area contributed by atoms with Gasteiger partial charge in [0.1, 0.15) is 12.2 Å². The molecule has 13 heavy (non-hydrogen) atoms. The van der Waals surface area contributed by atoms with Gasteiger partial charge in [0.15, 0.2) is 0 Å². The van der Waals surface area contributed by atoms with E-state index >= 15 is 0 Å². The molecule has 0 radical (unpaired) electrons. The van der Waals surface area contributed by atoms with Gasteiger partial charge in [0.2, 0.25) is 0 Å². The number of nitrogens with zero attached hydrogens (tertiary/aromatic N) is 6. The third kappa shape index (κ3) is 1.60. The van der Waals surface area contributed by atoms with Crippen LogP contribution in [0.3, 0.4) is 0 Å². The molecule has 0 fully saturated rings. The molecule has 2 rings (SSSR count). The molecule has 0 atom stereocenters. The summed E-state index contributed by atoms with van der Waals surface area (Å²) in [6, 6.07) is 0. The summed E-state index contributed by atoms with van der Waals surface area (Å²) in [4.78, 5) is 4.02. The summed E-state index contributed by atoms with van der Waals surface area (Å²) in [5.41, 5.74) is 0. The SMILES string of the molecule is Cn1ncnc1CNc1nn[nH]n1. The topological polar surface area (TPSA) is 97.2 Å². The van der Waals surface area contributed by atoms with E-state index in [2.05, 4.69) is 36.0 Å². The van der Waals surface area contributed by atoms with E-state index in [4.69, 9.17) is 0 Å². The van der Waals surface area contributed by atoms with Gasteiger partial charge in [-0.25, -0.2) is 4.98 Å². The monoisotopic (exact) mass is 180 g/mol. The van der Waals surface area contributed by atoms with Crippen molar-refractivity contribution in [3.8, 4) is 0 Å². The van der Waals surface area contributed by atoms with Crippen LogP contribution < -0.4 is 5.32 Å². The quantitative estimate of drug-likeness (QED) is 0.624. The number of H-pyrrole nitrogens is 1. The molecule has 2 N–H and O–H groups in total. The number of hydrogen-bond donors (Lipinski definition) is 2. The zero-order valence-corrected chi connectivity index (χ0v) is 6.97. The van der Waals surface area contributed by atoms with Crippen LogP contribution in [0.25, 0.3) is 0 Å². The molecular formula is C5H8N8. The van der Waals surface area contributed by atoms with Gasteiger partial charge in [-0.2, -0.15) is 10.3 Å². The van der Waals surface area contributed by atoms with E-state index in [1.807, 2.05) is 7.05 Å². The first kappa shape index (κ1) is 7.65. The zero-order chi connectivity index (χ0) is 9.10. The third-order valence-electron chi connectivity index (χ3n) is 1.56. The fourth-order valence-corrected chi connectivity index (χ4v) is 0.875. The van der Waals surface area contributed by atoms with Crippen LogP contribution in [0, 0.1) is 0 Å². The fraction of sp³-hybridized carbons (Fsp3) is 0.400. The number of aromatic amines is 1. The Hall–Kier alpha value is -1.99. The van der Waals surface area contributed by atoms with Gasteiger partial charge in [0.25, 0.3) is 5.95 Å². The van der Waals surface area contributed by atoms with Crippen LogP contribution in [0.15, 0.2) is 6.33 Å². The Morgan fingerprint density at radius 3 is 3.15 bits per heavy atom. The maximum absolute atomic E-state index is 4.02. The predicted molar refractivity (Wildman–Crippen MR) is 42.5 cm³/mol. The minimum Gasteiger partial charge on any atom is -0.344 e. The maximum atomic E-state index is 4.02. The van der Waals surface area contributed by atoms with E-state index in [1.165, 1.54) is 6.33 Å². The van der Waals surface area contributed by atoms with Gasteiger partial charge in [0.05, 0.1) is 6.54 Å². The molecule has 2 aromatic rings. The van der Waals surface area contributed by atoms with Crippen LogP contribution in [0.2, 0.25) is 0 Å². The Labute approximate surface area is 73.4 Å². The Morgan fingerprint density at radius 2 is 2.54 bits per heavy atom. The number of hydrogen-bond acceptors (Lipinski definition) is 6. The lowest BCUT2D eigenvalue weighted by atomic mass is 10.6. The maximum Gasteiger partial charge on any atom is 0.263 e. The Balaban J connectivity index is 1.97. The van der Waals surface area contributed by atoms with E-state index in [0.29, 0.717) is 12.5 Å². The average molecular weight is 180 g/mol. The highest BCUT2D eigenvalue weighted by atomic mass is 15.5. The van der Waals surface area contributed by atoms with Gasteiger partial charge in [-0.3, -0.25) is 4.68 Å². The molecule has 68 valence electrons. The molecule has 8 heteroatoms. The first-order valence-electron chi connectivity index (χ1n) is 3.66. The number of rotatable bonds is 3. The molecule has 0 saturated heterocycles. The molecule has 0 unspecified atom stereocenters. The van der Waals surface area contributed by atoms with E-state index in [-0.39, 0.29) is 0 Å². The van der Waals surface area contributed by atoms with Crippen molar-refractivity contribution >= 4 is 5.95 Å². The summed E-state index contributed by atoms with van der Waals surface area (Å²) in [5, 5.41) is 20.0. The summed E-state index contributed by atoms with van der Waals surface area (Å²) in [6.07, 6.45) is 1.49. The van der Waals surface area contributed by atoms with Gasteiger partial charge < -0.3 is 5.32 Å². The summed E-state index contributed by atoms with van der Waals surface area (Å²) in [7, 11) is 1.82. The molecule has 2 aromatic heterocycles. The lowest BCUT2D eigenvalue weighted by Gasteiger charge is -1.99. The highest BCUT2D eigenvalue weighted by Crippen LogP contribution is 1.96. The second kappa shape index (κ2) is 3.17. The summed E-state index contributed by atoms with van der Waals surface area (Å²) in [5.74, 6) is 1.26. The largest absolute Gasteiger partial charge is 0.344 e. The molecule has 8 nitrogen and oxygen atoms in total. The van der Waals surface area contributed by atoms with Crippen LogP contribution >= 0.6 is 0 Å². The first-order valence-corrected chi connectivity index (χ1v) is 3.66. The lowest BCUT2D eigenvalue weighted by Crippen LogP contribution is -2.07. The van der Waals surface area contributed by atoms with E-state index < -0.39 is 0 Å².